The molecule has 26 nitrogen and oxygen atoms in total. The van der Waals surface area contributed by atoms with E-state index in [2.05, 4.69) is 54.5 Å². The molecule has 15 N–H and O–H groups in total. The molecule has 10 rings (SSSR count). The van der Waals surface area contributed by atoms with Crippen molar-refractivity contribution in [2.45, 2.75) is 273 Å². The Bertz CT molecular complexity index is 2360. The number of esters is 1. The number of fused-ring (bicyclic) bond motifs is 7. The van der Waals surface area contributed by atoms with Crippen molar-refractivity contribution >= 4 is 5.97 Å². The number of carbonyl (C=O) groups excluding carboxylic acids is 1. The molecular weight excluding hydrogens is 1120 g/mol. The van der Waals surface area contributed by atoms with Crippen molar-refractivity contribution < 1.29 is 129 Å². The number of aliphatic hydroxyl groups is 15. The fourth-order valence-electron chi connectivity index (χ4n) is 17.5. The van der Waals surface area contributed by atoms with E-state index in [0.717, 1.165) is 25.7 Å². The maximum atomic E-state index is 15.2. The minimum absolute atomic E-state index is 0.0898. The summed E-state index contributed by atoms with van der Waals surface area (Å²) in [6, 6.07) is 0. The first-order valence-electron chi connectivity index (χ1n) is 30.6. The monoisotopic (exact) mass is 1220 g/mol. The fourth-order valence-corrected chi connectivity index (χ4v) is 17.5. The molecular formula is C59H96O26. The molecule has 5 aliphatic carbocycles. The second-order valence-corrected chi connectivity index (χ2v) is 28.7. The average Bonchev–Trinajstić information content (AvgIpc) is 0.708. The minimum atomic E-state index is -1.85. The highest BCUT2D eigenvalue weighted by Gasteiger charge is 2.70. The van der Waals surface area contributed by atoms with Gasteiger partial charge in [-0.15, -0.1) is 0 Å². The predicted molar refractivity (Wildman–Crippen MR) is 288 cm³/mol. The van der Waals surface area contributed by atoms with E-state index < -0.39 is 190 Å². The van der Waals surface area contributed by atoms with Crippen LogP contribution in [0.2, 0.25) is 0 Å². The maximum Gasteiger partial charge on any atom is 0.315 e. The molecule has 0 aromatic heterocycles. The molecule has 5 aliphatic heterocycles. The van der Waals surface area contributed by atoms with E-state index in [1.54, 1.807) is 0 Å². The smallest absolute Gasteiger partial charge is 0.315 e. The summed E-state index contributed by atoms with van der Waals surface area (Å²) in [5.74, 6) is -0.583. The molecule has 0 aromatic carbocycles. The van der Waals surface area contributed by atoms with Gasteiger partial charge in [-0.2, -0.15) is 0 Å². The molecule has 5 saturated heterocycles. The normalized spacial score (nSPS) is 54.1. The van der Waals surface area contributed by atoms with Crippen LogP contribution in [0.25, 0.3) is 0 Å². The number of hydrogen-bond donors (Lipinski definition) is 15. The lowest BCUT2D eigenvalue weighted by Gasteiger charge is -2.71. The number of aliphatic hydroxyl groups excluding tert-OH is 15. The summed E-state index contributed by atoms with van der Waals surface area (Å²) >= 11 is 0. The minimum Gasteiger partial charge on any atom is -0.432 e. The highest BCUT2D eigenvalue weighted by molar-refractivity contribution is 5.79. The van der Waals surface area contributed by atoms with Crippen molar-refractivity contribution in [3.05, 3.63) is 11.6 Å². The van der Waals surface area contributed by atoms with Crippen LogP contribution in [0.4, 0.5) is 0 Å². The number of rotatable bonds is 13. The Morgan fingerprint density at radius 2 is 1.11 bits per heavy atom. The SMILES string of the molecule is CC1OC(OC2COC(OC3CCC4(C)C(CCC5(C)C4CC=C4C6CC(C)(C)CCC6(C(=O)OC6OC(COC7OC(CO)C(O)C(O)C7O)C(O)C(O)C6O)CCC45C)C3(C)C)C(OC3OC(CO)C(O)C(O)C3O)C2O)C(O)C(O)C1O. The highest BCUT2D eigenvalue weighted by Crippen LogP contribution is 2.76. The van der Waals surface area contributed by atoms with Gasteiger partial charge >= 0.3 is 5.97 Å². The third kappa shape index (κ3) is 11.2. The lowest BCUT2D eigenvalue weighted by atomic mass is 9.33. The Morgan fingerprint density at radius 3 is 1.74 bits per heavy atom. The third-order valence-electron chi connectivity index (χ3n) is 23.1. The van der Waals surface area contributed by atoms with E-state index in [4.69, 9.17) is 47.4 Å². The van der Waals surface area contributed by atoms with E-state index in [9.17, 15) is 76.6 Å². The number of allylic oxidation sites excluding steroid dienone is 2. The first-order valence-corrected chi connectivity index (χ1v) is 30.6. The number of hydrogen-bond acceptors (Lipinski definition) is 26. The molecule has 32 atom stereocenters. The van der Waals surface area contributed by atoms with Crippen LogP contribution in [0.15, 0.2) is 11.6 Å². The molecule has 0 radical (unpaired) electrons. The Hall–Kier alpha value is -1.75. The van der Waals surface area contributed by atoms with Crippen molar-refractivity contribution in [1.29, 1.82) is 0 Å². The summed E-state index contributed by atoms with van der Waals surface area (Å²) in [5.41, 5.74) is -1.38. The summed E-state index contributed by atoms with van der Waals surface area (Å²) in [6.07, 6.45) is -29.6. The summed E-state index contributed by atoms with van der Waals surface area (Å²) in [5, 5.41) is 160. The second-order valence-electron chi connectivity index (χ2n) is 28.7. The largest absolute Gasteiger partial charge is 0.432 e. The van der Waals surface area contributed by atoms with E-state index in [1.807, 2.05) is 0 Å². The van der Waals surface area contributed by atoms with Gasteiger partial charge in [0.1, 0.15) is 110 Å². The quantitative estimate of drug-likeness (QED) is 0.0513. The lowest BCUT2D eigenvalue weighted by Crippen LogP contribution is -2.66. The number of carbonyl (C=O) groups is 1. The van der Waals surface area contributed by atoms with Crippen LogP contribution in [0.5, 0.6) is 0 Å². The van der Waals surface area contributed by atoms with Gasteiger partial charge in [-0.05, 0) is 116 Å². The Labute approximate surface area is 494 Å². The van der Waals surface area contributed by atoms with Gasteiger partial charge in [0, 0.05) is 0 Å². The van der Waals surface area contributed by atoms with Crippen molar-refractivity contribution in [2.75, 3.05) is 26.4 Å². The standard InChI is InChI=1S/C59H96O26/c1-24-34(62)39(67)44(72)49(78-24)82-30-23-77-52(47(38(30)66)84-50-45(73)41(69)36(64)28(21-61)80-50)83-33-12-13-56(6)31(55(33,4)5)11-14-58(8)32(56)10-9-25-26-19-54(2,3)15-17-59(26,18-16-57(25,58)7)53(75)85-51-46(74)42(70)37(65)29(81-51)22-76-48-43(71)40(68)35(63)27(20-60)79-48/h9,24,26-52,60-74H,10-23H2,1-8H3. The Kier molecular flexibility index (Phi) is 19.0. The number of ether oxygens (including phenoxy) is 10. The molecule has 9 fully saturated rings. The topological polar surface area (TPSA) is 413 Å². The van der Waals surface area contributed by atoms with Gasteiger partial charge in [-0.3, -0.25) is 4.79 Å². The van der Waals surface area contributed by atoms with Crippen molar-refractivity contribution in [3.63, 3.8) is 0 Å². The molecule has 5 heterocycles. The summed E-state index contributed by atoms with van der Waals surface area (Å²) in [7, 11) is 0. The molecule has 0 amide bonds. The first kappa shape index (κ1) is 66.2. The van der Waals surface area contributed by atoms with Gasteiger partial charge in [0.25, 0.3) is 0 Å². The average molecular weight is 1220 g/mol. The molecule has 26 heteroatoms. The zero-order valence-corrected chi connectivity index (χ0v) is 49.8. The van der Waals surface area contributed by atoms with Gasteiger partial charge < -0.3 is 124 Å². The summed E-state index contributed by atoms with van der Waals surface area (Å²) in [4.78, 5) is 15.2. The van der Waals surface area contributed by atoms with Crippen molar-refractivity contribution in [1.82, 2.24) is 0 Å². The van der Waals surface area contributed by atoms with E-state index in [0.29, 0.717) is 38.5 Å². The lowest BCUT2D eigenvalue weighted by molar-refractivity contribution is -0.381. The van der Waals surface area contributed by atoms with E-state index >= 15 is 4.79 Å². The summed E-state index contributed by atoms with van der Waals surface area (Å²) in [6.45, 7) is 15.0. The fraction of sp³-hybridized carbons (Fsp3) is 0.949. The first-order chi connectivity index (χ1) is 39.8. The van der Waals surface area contributed by atoms with Crippen molar-refractivity contribution in [2.24, 2.45) is 50.2 Å². The Balaban J connectivity index is 0.863. The summed E-state index contributed by atoms with van der Waals surface area (Å²) < 4.78 is 60.2. The third-order valence-corrected chi connectivity index (χ3v) is 23.1. The zero-order chi connectivity index (χ0) is 62.0. The van der Waals surface area contributed by atoms with Gasteiger partial charge in [0.2, 0.25) is 6.29 Å². The van der Waals surface area contributed by atoms with Crippen LogP contribution in [-0.2, 0) is 52.2 Å². The van der Waals surface area contributed by atoms with Gasteiger partial charge in [0.15, 0.2) is 25.2 Å². The van der Waals surface area contributed by atoms with Crippen LogP contribution in [0, 0.1) is 50.2 Å². The Morgan fingerprint density at radius 1 is 0.553 bits per heavy atom. The van der Waals surface area contributed by atoms with Crippen LogP contribution in [0.3, 0.4) is 0 Å². The molecule has 488 valence electrons. The molecule has 4 saturated carbocycles. The van der Waals surface area contributed by atoms with Crippen LogP contribution >= 0.6 is 0 Å². The van der Waals surface area contributed by atoms with Gasteiger partial charge in [0.05, 0.1) is 44.1 Å². The zero-order valence-electron chi connectivity index (χ0n) is 49.8. The molecule has 10 aliphatic rings. The molecule has 32 unspecified atom stereocenters. The highest BCUT2D eigenvalue weighted by atomic mass is 16.8. The molecule has 0 aromatic rings. The van der Waals surface area contributed by atoms with Crippen molar-refractivity contribution in [3.8, 4) is 0 Å². The van der Waals surface area contributed by atoms with Gasteiger partial charge in [-0.25, -0.2) is 0 Å². The van der Waals surface area contributed by atoms with Gasteiger partial charge in [-0.1, -0.05) is 60.1 Å². The molecule has 0 bridgehead atoms. The van der Waals surface area contributed by atoms with Crippen LogP contribution < -0.4 is 0 Å². The molecule has 85 heavy (non-hydrogen) atoms. The van der Waals surface area contributed by atoms with E-state index in [-0.39, 0.29) is 46.0 Å². The maximum absolute atomic E-state index is 15.2. The van der Waals surface area contributed by atoms with E-state index in [1.165, 1.54) is 12.5 Å². The molecule has 0 spiro atoms. The van der Waals surface area contributed by atoms with Crippen LogP contribution in [-0.4, -0.2) is 263 Å². The van der Waals surface area contributed by atoms with Crippen LogP contribution in [0.1, 0.15) is 120 Å². The predicted octanol–water partition coefficient (Wildman–Crippen LogP) is -2.54. The second kappa shape index (κ2) is 24.4.